The predicted molar refractivity (Wildman–Crippen MR) is 105 cm³/mol. The Morgan fingerprint density at radius 1 is 1.21 bits per heavy atom. The third-order valence-electron chi connectivity index (χ3n) is 4.59. The van der Waals surface area contributed by atoms with Crippen molar-refractivity contribution in [1.82, 2.24) is 4.90 Å². The lowest BCUT2D eigenvalue weighted by Crippen LogP contribution is -2.49. The van der Waals surface area contributed by atoms with Crippen molar-refractivity contribution in [3.05, 3.63) is 42.5 Å². The van der Waals surface area contributed by atoms with E-state index in [0.717, 1.165) is 15.7 Å². The van der Waals surface area contributed by atoms with Crippen LogP contribution in [0.25, 0.3) is 10.8 Å². The molecule has 2 amide bonds. The molecule has 0 aromatic heterocycles. The molecule has 1 saturated heterocycles. The lowest BCUT2D eigenvalue weighted by atomic mass is 10.1. The number of nitrogens with zero attached hydrogens (tertiary/aromatic N) is 1. The molecule has 0 radical (unpaired) electrons. The van der Waals surface area contributed by atoms with Crippen LogP contribution in [0.15, 0.2) is 42.5 Å². The number of hydrogen-bond acceptors (Lipinski definition) is 4. The van der Waals surface area contributed by atoms with Gasteiger partial charge in [0.05, 0.1) is 12.6 Å². The molecular weight excluding hydrogens is 382 g/mol. The van der Waals surface area contributed by atoms with E-state index >= 15 is 0 Å². The van der Waals surface area contributed by atoms with E-state index in [1.165, 1.54) is 0 Å². The molecular formula is C21H24F2N2O4. The van der Waals surface area contributed by atoms with Gasteiger partial charge in [-0.3, -0.25) is 9.69 Å². The van der Waals surface area contributed by atoms with Crippen LogP contribution < -0.4 is 5.32 Å². The van der Waals surface area contributed by atoms with Crippen LogP contribution in [-0.2, 0) is 9.53 Å². The number of anilines is 1. The van der Waals surface area contributed by atoms with Crippen LogP contribution in [0.4, 0.5) is 19.3 Å². The number of carbonyl (C=O) groups excluding carboxylic acids is 2. The number of aliphatic hydroxyl groups excluding tert-OH is 1. The number of aliphatic hydroxyl groups is 1. The molecule has 156 valence electrons. The summed E-state index contributed by atoms with van der Waals surface area (Å²) in [5, 5.41) is 14.8. The number of likely N-dealkylation sites (tertiary alicyclic amines) is 1. The van der Waals surface area contributed by atoms with E-state index < -0.39 is 48.6 Å². The van der Waals surface area contributed by atoms with Gasteiger partial charge in [0.1, 0.15) is 5.60 Å². The van der Waals surface area contributed by atoms with Gasteiger partial charge in [0, 0.05) is 12.1 Å². The molecule has 0 spiro atoms. The summed E-state index contributed by atoms with van der Waals surface area (Å²) >= 11 is 0. The van der Waals surface area contributed by atoms with E-state index in [9.17, 15) is 23.5 Å². The average Bonchev–Trinajstić information content (AvgIpc) is 2.95. The van der Waals surface area contributed by atoms with Gasteiger partial charge in [0.2, 0.25) is 0 Å². The molecule has 2 aromatic carbocycles. The van der Waals surface area contributed by atoms with Gasteiger partial charge in [-0.25, -0.2) is 13.6 Å². The molecule has 2 unspecified atom stereocenters. The molecule has 0 saturated carbocycles. The number of benzene rings is 2. The Labute approximate surface area is 167 Å². The number of halogens is 2. The minimum atomic E-state index is -3.22. The normalized spacial score (nSPS) is 19.8. The number of carbonyl (C=O) groups is 2. The van der Waals surface area contributed by atoms with E-state index in [2.05, 4.69) is 5.32 Å². The highest BCUT2D eigenvalue weighted by Gasteiger charge is 2.52. The van der Waals surface area contributed by atoms with Crippen molar-refractivity contribution in [3.63, 3.8) is 0 Å². The number of alkyl halides is 2. The summed E-state index contributed by atoms with van der Waals surface area (Å²) in [6.07, 6.45) is -3.64. The second kappa shape index (κ2) is 7.59. The molecule has 2 atom stereocenters. The first kappa shape index (κ1) is 21.0. The van der Waals surface area contributed by atoms with Gasteiger partial charge in [0.15, 0.2) is 6.10 Å². The van der Waals surface area contributed by atoms with E-state index in [1.54, 1.807) is 39.0 Å². The van der Waals surface area contributed by atoms with E-state index in [-0.39, 0.29) is 0 Å². The average molecular weight is 406 g/mol. The van der Waals surface area contributed by atoms with Crippen LogP contribution in [0.2, 0.25) is 0 Å². The molecule has 0 aliphatic carbocycles. The summed E-state index contributed by atoms with van der Waals surface area (Å²) in [7, 11) is 0. The van der Waals surface area contributed by atoms with Crippen molar-refractivity contribution in [2.45, 2.75) is 50.9 Å². The third-order valence-corrected chi connectivity index (χ3v) is 4.59. The van der Waals surface area contributed by atoms with Crippen molar-refractivity contribution in [2.24, 2.45) is 0 Å². The Balaban J connectivity index is 1.75. The van der Waals surface area contributed by atoms with E-state index in [0.29, 0.717) is 5.69 Å². The fourth-order valence-electron chi connectivity index (χ4n) is 3.31. The van der Waals surface area contributed by atoms with Gasteiger partial charge >= 0.3 is 6.09 Å². The van der Waals surface area contributed by atoms with Crippen LogP contribution in [0, 0.1) is 0 Å². The van der Waals surface area contributed by atoms with Crippen LogP contribution in [0.5, 0.6) is 0 Å². The summed E-state index contributed by atoms with van der Waals surface area (Å²) in [6.45, 7) is 3.91. The van der Waals surface area contributed by atoms with Crippen molar-refractivity contribution in [2.75, 3.05) is 11.9 Å². The summed E-state index contributed by atoms with van der Waals surface area (Å²) in [5.41, 5.74) is -0.473. The molecule has 1 aliphatic heterocycles. The number of amides is 2. The second-order valence-corrected chi connectivity index (χ2v) is 8.23. The molecule has 2 aromatic rings. The standard InChI is InChI=1S/C21H24F2N2O4/c1-20(2,3)29-19(28)25-12-21(22,23)11-16(25)17(26)18(27)24-15-9-8-13-6-4-5-7-14(13)10-15/h4-10,16-17,26H,11-12H2,1-3H3,(H,24,27). The minimum absolute atomic E-state index is 0.418. The van der Waals surface area contributed by atoms with Crippen LogP contribution in [0.3, 0.4) is 0 Å². The van der Waals surface area contributed by atoms with E-state index in [1.807, 2.05) is 24.3 Å². The highest BCUT2D eigenvalue weighted by molar-refractivity contribution is 5.97. The molecule has 29 heavy (non-hydrogen) atoms. The van der Waals surface area contributed by atoms with Gasteiger partial charge < -0.3 is 15.2 Å². The topological polar surface area (TPSA) is 78.9 Å². The smallest absolute Gasteiger partial charge is 0.410 e. The third kappa shape index (κ3) is 5.00. The molecule has 2 N–H and O–H groups in total. The Kier molecular flexibility index (Phi) is 5.49. The molecule has 6 nitrogen and oxygen atoms in total. The van der Waals surface area contributed by atoms with Gasteiger partial charge in [-0.1, -0.05) is 30.3 Å². The summed E-state index contributed by atoms with van der Waals surface area (Å²) in [4.78, 5) is 25.6. The number of rotatable bonds is 3. The fraction of sp³-hybridized carbons (Fsp3) is 0.429. The number of hydrogen-bond donors (Lipinski definition) is 2. The summed E-state index contributed by atoms with van der Waals surface area (Å²) in [5.74, 6) is -4.08. The highest BCUT2D eigenvalue weighted by Crippen LogP contribution is 2.35. The Morgan fingerprint density at radius 3 is 2.52 bits per heavy atom. The lowest BCUT2D eigenvalue weighted by molar-refractivity contribution is -0.126. The molecule has 0 bridgehead atoms. The zero-order valence-corrected chi connectivity index (χ0v) is 16.5. The number of fused-ring (bicyclic) bond motifs is 1. The molecule has 8 heteroatoms. The van der Waals surface area contributed by atoms with Crippen LogP contribution in [0.1, 0.15) is 27.2 Å². The summed E-state index contributed by atoms with van der Waals surface area (Å²) < 4.78 is 33.1. The highest BCUT2D eigenvalue weighted by atomic mass is 19.3. The molecule has 1 heterocycles. The molecule has 3 rings (SSSR count). The molecule has 1 fully saturated rings. The number of nitrogens with one attached hydrogen (secondary N) is 1. The molecule has 1 aliphatic rings. The van der Waals surface area contributed by atoms with E-state index in [4.69, 9.17) is 4.74 Å². The number of ether oxygens (including phenoxy) is 1. The van der Waals surface area contributed by atoms with Gasteiger partial charge in [-0.05, 0) is 43.7 Å². The van der Waals surface area contributed by atoms with Crippen molar-refractivity contribution >= 4 is 28.5 Å². The predicted octanol–water partition coefficient (Wildman–Crippen LogP) is 3.78. The van der Waals surface area contributed by atoms with Crippen molar-refractivity contribution in [1.29, 1.82) is 0 Å². The van der Waals surface area contributed by atoms with Gasteiger partial charge in [-0.15, -0.1) is 0 Å². The maximum Gasteiger partial charge on any atom is 0.410 e. The van der Waals surface area contributed by atoms with Crippen molar-refractivity contribution < 1.29 is 28.2 Å². The SMILES string of the molecule is CC(C)(C)OC(=O)N1CC(F)(F)CC1C(O)C(=O)Nc1ccc2ccccc2c1. The first-order valence-corrected chi connectivity index (χ1v) is 9.30. The summed E-state index contributed by atoms with van der Waals surface area (Å²) in [6, 6.07) is 11.3. The quantitative estimate of drug-likeness (QED) is 0.813. The van der Waals surface area contributed by atoms with Gasteiger partial charge in [-0.2, -0.15) is 0 Å². The minimum Gasteiger partial charge on any atom is -0.444 e. The first-order chi connectivity index (χ1) is 13.5. The lowest BCUT2D eigenvalue weighted by Gasteiger charge is -2.30. The van der Waals surface area contributed by atoms with Crippen LogP contribution >= 0.6 is 0 Å². The zero-order valence-electron chi connectivity index (χ0n) is 16.5. The second-order valence-electron chi connectivity index (χ2n) is 8.23. The Hall–Kier alpha value is -2.74. The zero-order chi connectivity index (χ0) is 21.4. The first-order valence-electron chi connectivity index (χ1n) is 9.30. The van der Waals surface area contributed by atoms with Crippen molar-refractivity contribution in [3.8, 4) is 0 Å². The maximum absolute atomic E-state index is 14.0. The Bertz CT molecular complexity index is 926. The maximum atomic E-state index is 14.0. The monoisotopic (exact) mass is 406 g/mol. The largest absolute Gasteiger partial charge is 0.444 e. The Morgan fingerprint density at radius 2 is 1.86 bits per heavy atom. The van der Waals surface area contributed by atoms with Crippen LogP contribution in [-0.4, -0.2) is 52.2 Å². The van der Waals surface area contributed by atoms with Gasteiger partial charge in [0.25, 0.3) is 11.8 Å². The fourth-order valence-corrected chi connectivity index (χ4v) is 3.31.